The standard InChI is InChI=1S/C11H12F6O5/c1-2-21-9(20)7(5-11(15,16)17)22-8(19)6(18)3-4-10(12,13)14/h7H,2-5H2,1H3. The second-order valence-corrected chi connectivity index (χ2v) is 4.00. The molecule has 0 aromatic carbocycles. The number of hydrogen-bond acceptors (Lipinski definition) is 5. The second-order valence-electron chi connectivity index (χ2n) is 4.00. The van der Waals surface area contributed by atoms with Crippen LogP contribution in [0.25, 0.3) is 0 Å². The summed E-state index contributed by atoms with van der Waals surface area (Å²) < 4.78 is 80.5. The Balaban J connectivity index is 4.73. The van der Waals surface area contributed by atoms with E-state index in [0.29, 0.717) is 0 Å². The first kappa shape index (κ1) is 20.2. The Hall–Kier alpha value is -1.81. The molecule has 0 aliphatic carbocycles. The summed E-state index contributed by atoms with van der Waals surface area (Å²) in [7, 11) is 0. The minimum atomic E-state index is -4.91. The smallest absolute Gasteiger partial charge is 0.393 e. The number of esters is 2. The van der Waals surface area contributed by atoms with Crippen LogP contribution >= 0.6 is 0 Å². The van der Waals surface area contributed by atoms with Crippen LogP contribution in [0.2, 0.25) is 0 Å². The van der Waals surface area contributed by atoms with Gasteiger partial charge in [0, 0.05) is 6.42 Å². The van der Waals surface area contributed by atoms with Gasteiger partial charge in [-0.3, -0.25) is 4.79 Å². The number of ether oxygens (including phenoxy) is 2. The van der Waals surface area contributed by atoms with Gasteiger partial charge in [-0.05, 0) is 6.92 Å². The van der Waals surface area contributed by atoms with Crippen molar-refractivity contribution in [2.75, 3.05) is 6.61 Å². The normalized spacial score (nSPS) is 13.4. The highest BCUT2D eigenvalue weighted by Gasteiger charge is 2.40. The molecule has 0 rings (SSSR count). The number of carbonyl (C=O) groups is 3. The Kier molecular flexibility index (Phi) is 7.33. The summed E-state index contributed by atoms with van der Waals surface area (Å²) in [4.78, 5) is 33.4. The number of alkyl halides is 6. The summed E-state index contributed by atoms with van der Waals surface area (Å²) in [5, 5.41) is 0. The Morgan fingerprint density at radius 2 is 1.55 bits per heavy atom. The van der Waals surface area contributed by atoms with Crippen LogP contribution in [0.4, 0.5) is 26.3 Å². The van der Waals surface area contributed by atoms with Crippen LogP contribution in [-0.4, -0.2) is 42.8 Å². The molecule has 5 nitrogen and oxygen atoms in total. The third-order valence-corrected chi connectivity index (χ3v) is 2.08. The first-order valence-corrected chi connectivity index (χ1v) is 5.89. The Bertz CT molecular complexity index is 414. The molecular formula is C11H12F6O5. The molecule has 0 aliphatic rings. The average Bonchev–Trinajstić information content (AvgIpc) is 2.32. The number of hydrogen-bond donors (Lipinski definition) is 0. The predicted molar refractivity (Wildman–Crippen MR) is 57.5 cm³/mol. The van der Waals surface area contributed by atoms with Crippen LogP contribution < -0.4 is 0 Å². The molecule has 0 saturated heterocycles. The van der Waals surface area contributed by atoms with Gasteiger partial charge >= 0.3 is 24.3 Å². The summed E-state index contributed by atoms with van der Waals surface area (Å²) in [6, 6.07) is 0. The Labute approximate surface area is 120 Å². The van der Waals surface area contributed by atoms with E-state index in [1.807, 2.05) is 0 Å². The monoisotopic (exact) mass is 338 g/mol. The maximum Gasteiger partial charge on any atom is 0.393 e. The van der Waals surface area contributed by atoms with E-state index in [9.17, 15) is 40.7 Å². The van der Waals surface area contributed by atoms with Gasteiger partial charge in [-0.15, -0.1) is 0 Å². The van der Waals surface area contributed by atoms with Crippen molar-refractivity contribution >= 4 is 17.7 Å². The summed E-state index contributed by atoms with van der Waals surface area (Å²) >= 11 is 0. The van der Waals surface area contributed by atoms with E-state index in [-0.39, 0.29) is 6.61 Å². The Morgan fingerprint density at radius 1 is 1.00 bits per heavy atom. The minimum absolute atomic E-state index is 0.313. The van der Waals surface area contributed by atoms with Crippen LogP contribution in [-0.2, 0) is 23.9 Å². The van der Waals surface area contributed by atoms with Gasteiger partial charge < -0.3 is 9.47 Å². The van der Waals surface area contributed by atoms with Crippen molar-refractivity contribution in [3.63, 3.8) is 0 Å². The van der Waals surface area contributed by atoms with Crippen LogP contribution in [0.5, 0.6) is 0 Å². The summed E-state index contributed by atoms with van der Waals surface area (Å²) in [6.07, 6.45) is -16.9. The highest BCUT2D eigenvalue weighted by Crippen LogP contribution is 2.24. The zero-order chi connectivity index (χ0) is 17.6. The number of ketones is 1. The van der Waals surface area contributed by atoms with Crippen molar-refractivity contribution in [3.8, 4) is 0 Å². The zero-order valence-corrected chi connectivity index (χ0v) is 11.2. The average molecular weight is 338 g/mol. The number of Topliss-reactive ketones (excluding diaryl/α,β-unsaturated/α-hetero) is 1. The van der Waals surface area contributed by atoms with E-state index in [1.54, 1.807) is 0 Å². The molecule has 128 valence electrons. The van der Waals surface area contributed by atoms with E-state index < -0.39 is 55.4 Å². The van der Waals surface area contributed by atoms with Crippen LogP contribution in [0.3, 0.4) is 0 Å². The lowest BCUT2D eigenvalue weighted by atomic mass is 10.2. The van der Waals surface area contributed by atoms with Crippen molar-refractivity contribution in [2.24, 2.45) is 0 Å². The summed E-state index contributed by atoms with van der Waals surface area (Å²) in [5.41, 5.74) is 0. The van der Waals surface area contributed by atoms with Gasteiger partial charge in [0.15, 0.2) is 0 Å². The fourth-order valence-electron chi connectivity index (χ4n) is 1.17. The van der Waals surface area contributed by atoms with Gasteiger partial charge in [-0.1, -0.05) is 0 Å². The first-order valence-electron chi connectivity index (χ1n) is 5.89. The quantitative estimate of drug-likeness (QED) is 0.405. The molecule has 22 heavy (non-hydrogen) atoms. The molecule has 0 aromatic heterocycles. The lowest BCUT2D eigenvalue weighted by Gasteiger charge is -2.17. The number of carbonyl (C=O) groups excluding carboxylic acids is 3. The molecule has 0 heterocycles. The van der Waals surface area contributed by atoms with E-state index in [0.717, 1.165) is 0 Å². The number of halogens is 6. The van der Waals surface area contributed by atoms with Gasteiger partial charge in [-0.2, -0.15) is 26.3 Å². The minimum Gasteiger partial charge on any atom is -0.463 e. The van der Waals surface area contributed by atoms with Crippen molar-refractivity contribution < 1.29 is 50.2 Å². The highest BCUT2D eigenvalue weighted by atomic mass is 19.4. The largest absolute Gasteiger partial charge is 0.463 e. The molecule has 0 amide bonds. The molecule has 0 saturated carbocycles. The zero-order valence-electron chi connectivity index (χ0n) is 11.2. The molecule has 1 unspecified atom stereocenters. The molecule has 11 heteroatoms. The van der Waals surface area contributed by atoms with Gasteiger partial charge in [-0.25, -0.2) is 9.59 Å². The van der Waals surface area contributed by atoms with Crippen molar-refractivity contribution in [2.45, 2.75) is 44.6 Å². The maximum atomic E-state index is 12.2. The molecule has 1 atom stereocenters. The summed E-state index contributed by atoms with van der Waals surface area (Å²) in [6.45, 7) is 0.964. The topological polar surface area (TPSA) is 69.7 Å². The van der Waals surface area contributed by atoms with Gasteiger partial charge in [0.25, 0.3) is 0 Å². The van der Waals surface area contributed by atoms with Crippen LogP contribution in [0.1, 0.15) is 26.2 Å². The van der Waals surface area contributed by atoms with Crippen molar-refractivity contribution in [3.05, 3.63) is 0 Å². The lowest BCUT2D eigenvalue weighted by molar-refractivity contribution is -0.189. The molecule has 0 fully saturated rings. The fraction of sp³-hybridized carbons (Fsp3) is 0.727. The maximum absolute atomic E-state index is 12.2. The molecular weight excluding hydrogens is 326 g/mol. The van der Waals surface area contributed by atoms with Crippen LogP contribution in [0.15, 0.2) is 0 Å². The second kappa shape index (κ2) is 7.99. The third kappa shape index (κ3) is 9.19. The molecule has 0 spiro atoms. The molecule has 0 bridgehead atoms. The predicted octanol–water partition coefficient (Wildman–Crippen LogP) is 2.33. The summed E-state index contributed by atoms with van der Waals surface area (Å²) in [5.74, 6) is -5.18. The lowest BCUT2D eigenvalue weighted by Crippen LogP contribution is -2.36. The van der Waals surface area contributed by atoms with Gasteiger partial charge in [0.05, 0.1) is 19.4 Å². The third-order valence-electron chi connectivity index (χ3n) is 2.08. The number of rotatable bonds is 7. The van der Waals surface area contributed by atoms with E-state index >= 15 is 0 Å². The van der Waals surface area contributed by atoms with E-state index in [2.05, 4.69) is 9.47 Å². The molecule has 0 aliphatic heterocycles. The van der Waals surface area contributed by atoms with E-state index in [4.69, 9.17) is 0 Å². The van der Waals surface area contributed by atoms with Crippen molar-refractivity contribution in [1.82, 2.24) is 0 Å². The Morgan fingerprint density at radius 3 is 1.95 bits per heavy atom. The molecule has 0 aromatic rings. The van der Waals surface area contributed by atoms with Crippen LogP contribution in [0, 0.1) is 0 Å². The SMILES string of the molecule is CCOC(=O)C(CC(F)(F)F)OC(=O)C(=O)CCC(F)(F)F. The van der Waals surface area contributed by atoms with E-state index in [1.165, 1.54) is 6.92 Å². The van der Waals surface area contributed by atoms with Gasteiger partial charge in [0.1, 0.15) is 0 Å². The van der Waals surface area contributed by atoms with Gasteiger partial charge in [0.2, 0.25) is 11.9 Å². The molecule has 0 N–H and O–H groups in total. The van der Waals surface area contributed by atoms with Crippen molar-refractivity contribution in [1.29, 1.82) is 0 Å². The first-order chi connectivity index (χ1) is 9.85. The highest BCUT2D eigenvalue weighted by molar-refractivity contribution is 6.33. The fourth-order valence-corrected chi connectivity index (χ4v) is 1.17. The molecule has 0 radical (unpaired) electrons.